The number of benzene rings is 2. The third-order valence-corrected chi connectivity index (χ3v) is 5.50. The normalized spacial score (nSPS) is 11.3. The highest BCUT2D eigenvalue weighted by molar-refractivity contribution is 5.98. The lowest BCUT2D eigenvalue weighted by molar-refractivity contribution is 0.849. The van der Waals surface area contributed by atoms with Crippen molar-refractivity contribution >= 4 is 10.9 Å². The van der Waals surface area contributed by atoms with Crippen LogP contribution in [0.2, 0.25) is 0 Å². The molecule has 0 N–H and O–H groups in total. The van der Waals surface area contributed by atoms with Gasteiger partial charge in [-0.15, -0.1) is 0 Å². The summed E-state index contributed by atoms with van der Waals surface area (Å²) >= 11 is 0. The van der Waals surface area contributed by atoms with Crippen LogP contribution in [0.1, 0.15) is 33.4 Å². The number of hydrogen-bond acceptors (Lipinski definition) is 2. The summed E-state index contributed by atoms with van der Waals surface area (Å²) in [6.07, 6.45) is 0. The Bertz CT molecular complexity index is 1040. The summed E-state index contributed by atoms with van der Waals surface area (Å²) in [5.41, 5.74) is 9.90. The van der Waals surface area contributed by atoms with Crippen molar-refractivity contribution in [1.82, 2.24) is 9.55 Å². The molecule has 3 heteroatoms. The Morgan fingerprint density at radius 3 is 2.08 bits per heavy atom. The molecule has 3 aromatic rings. The largest absolute Gasteiger partial charge is 0.348 e. The summed E-state index contributed by atoms with van der Waals surface area (Å²) in [6.45, 7) is 12.7. The van der Waals surface area contributed by atoms with Crippen LogP contribution < -0.4 is 5.69 Å². The predicted molar refractivity (Wildman–Crippen MR) is 101 cm³/mol. The molecular formula is C21H24N2O. The molecule has 3 nitrogen and oxygen atoms in total. The van der Waals surface area contributed by atoms with Gasteiger partial charge in [-0.05, 0) is 81.0 Å². The number of rotatable bonds is 1. The summed E-state index contributed by atoms with van der Waals surface area (Å²) in [4.78, 5) is 16.9. The summed E-state index contributed by atoms with van der Waals surface area (Å²) < 4.78 is 1.68. The molecule has 0 radical (unpaired) electrons. The second-order valence-corrected chi connectivity index (χ2v) is 6.82. The minimum Gasteiger partial charge on any atom is -0.295 e. The van der Waals surface area contributed by atoms with E-state index in [2.05, 4.69) is 64.7 Å². The van der Waals surface area contributed by atoms with Gasteiger partial charge in [0, 0.05) is 18.0 Å². The van der Waals surface area contributed by atoms with Gasteiger partial charge in [0.25, 0.3) is 0 Å². The average molecular weight is 320 g/mol. The van der Waals surface area contributed by atoms with Crippen LogP contribution in [0.15, 0.2) is 23.0 Å². The van der Waals surface area contributed by atoms with E-state index in [1.807, 2.05) is 7.05 Å². The van der Waals surface area contributed by atoms with E-state index in [4.69, 9.17) is 0 Å². The standard InChI is InChI=1S/C21H24N2O/c1-11-8-9-17(10-12(11)2)19-18-15(5)13(3)14(4)16(6)20(18)23(7)21(24)22-19/h8-10H,1-7H3. The van der Waals surface area contributed by atoms with Crippen molar-refractivity contribution in [2.75, 3.05) is 0 Å². The van der Waals surface area contributed by atoms with E-state index in [0.717, 1.165) is 27.7 Å². The highest BCUT2D eigenvalue weighted by Gasteiger charge is 2.18. The van der Waals surface area contributed by atoms with Crippen molar-refractivity contribution in [3.05, 3.63) is 62.1 Å². The average Bonchev–Trinajstić information content (AvgIpc) is 2.55. The first-order chi connectivity index (χ1) is 11.2. The quantitative estimate of drug-likeness (QED) is 0.664. The van der Waals surface area contributed by atoms with Crippen molar-refractivity contribution in [2.24, 2.45) is 7.05 Å². The van der Waals surface area contributed by atoms with Gasteiger partial charge in [0.05, 0.1) is 11.2 Å². The fourth-order valence-corrected chi connectivity index (χ4v) is 3.42. The minimum atomic E-state index is -0.207. The maximum Gasteiger partial charge on any atom is 0.348 e. The maximum atomic E-state index is 12.5. The topological polar surface area (TPSA) is 34.9 Å². The summed E-state index contributed by atoms with van der Waals surface area (Å²) in [7, 11) is 1.81. The van der Waals surface area contributed by atoms with Gasteiger partial charge >= 0.3 is 5.69 Å². The Kier molecular flexibility index (Phi) is 3.83. The zero-order valence-corrected chi connectivity index (χ0v) is 15.5. The number of hydrogen-bond donors (Lipinski definition) is 0. The van der Waals surface area contributed by atoms with Crippen LogP contribution in [0.25, 0.3) is 22.2 Å². The third-order valence-electron chi connectivity index (χ3n) is 5.50. The number of aryl methyl sites for hydroxylation is 5. The molecule has 0 saturated carbocycles. The summed E-state index contributed by atoms with van der Waals surface area (Å²) in [6, 6.07) is 6.28. The summed E-state index contributed by atoms with van der Waals surface area (Å²) in [5.74, 6) is 0. The van der Waals surface area contributed by atoms with E-state index in [0.29, 0.717) is 0 Å². The van der Waals surface area contributed by atoms with Gasteiger partial charge in [0.15, 0.2) is 0 Å². The molecule has 0 aliphatic carbocycles. The maximum absolute atomic E-state index is 12.5. The van der Waals surface area contributed by atoms with Crippen LogP contribution in [0, 0.1) is 41.5 Å². The van der Waals surface area contributed by atoms with Gasteiger partial charge in [-0.3, -0.25) is 4.57 Å². The van der Waals surface area contributed by atoms with Crippen LogP contribution in [0.4, 0.5) is 0 Å². The number of aromatic nitrogens is 2. The first-order valence-electron chi connectivity index (χ1n) is 8.28. The van der Waals surface area contributed by atoms with Crippen molar-refractivity contribution in [3.8, 4) is 11.3 Å². The van der Waals surface area contributed by atoms with Crippen molar-refractivity contribution in [3.63, 3.8) is 0 Å². The van der Waals surface area contributed by atoms with E-state index >= 15 is 0 Å². The zero-order chi connectivity index (χ0) is 17.8. The molecule has 1 aromatic heterocycles. The molecule has 0 saturated heterocycles. The molecule has 1 heterocycles. The monoisotopic (exact) mass is 320 g/mol. The molecule has 3 rings (SSSR count). The Hall–Kier alpha value is -2.42. The molecule has 0 aliphatic rings. The Morgan fingerprint density at radius 2 is 1.46 bits per heavy atom. The summed E-state index contributed by atoms with van der Waals surface area (Å²) in [5, 5.41) is 1.08. The van der Waals surface area contributed by atoms with E-state index in [1.54, 1.807) is 4.57 Å². The molecule has 0 atom stereocenters. The lowest BCUT2D eigenvalue weighted by Gasteiger charge is -2.19. The smallest absolute Gasteiger partial charge is 0.295 e. The first kappa shape index (κ1) is 16.4. The zero-order valence-electron chi connectivity index (χ0n) is 15.5. The second-order valence-electron chi connectivity index (χ2n) is 6.82. The van der Waals surface area contributed by atoms with Crippen molar-refractivity contribution in [1.29, 1.82) is 0 Å². The van der Waals surface area contributed by atoms with Crippen LogP contribution >= 0.6 is 0 Å². The fraction of sp³-hybridized carbons (Fsp3) is 0.333. The molecule has 0 fully saturated rings. The lowest BCUT2D eigenvalue weighted by atomic mass is 9.91. The van der Waals surface area contributed by atoms with Gasteiger partial charge < -0.3 is 0 Å². The molecule has 0 bridgehead atoms. The minimum absolute atomic E-state index is 0.207. The fourth-order valence-electron chi connectivity index (χ4n) is 3.42. The van der Waals surface area contributed by atoms with Crippen molar-refractivity contribution < 1.29 is 0 Å². The van der Waals surface area contributed by atoms with E-state index in [1.165, 1.54) is 27.8 Å². The Morgan fingerprint density at radius 1 is 0.833 bits per heavy atom. The molecule has 0 unspecified atom stereocenters. The highest BCUT2D eigenvalue weighted by Crippen LogP contribution is 2.34. The van der Waals surface area contributed by atoms with Gasteiger partial charge in [-0.2, -0.15) is 4.98 Å². The Balaban J connectivity index is 2.56. The van der Waals surface area contributed by atoms with Crippen LogP contribution in [-0.4, -0.2) is 9.55 Å². The highest BCUT2D eigenvalue weighted by atomic mass is 16.1. The number of fused-ring (bicyclic) bond motifs is 1. The van der Waals surface area contributed by atoms with Crippen molar-refractivity contribution in [2.45, 2.75) is 41.5 Å². The predicted octanol–water partition coefficient (Wildman–Crippen LogP) is 4.45. The van der Waals surface area contributed by atoms with Crippen LogP contribution in [0.3, 0.4) is 0 Å². The molecule has 0 spiro atoms. The van der Waals surface area contributed by atoms with Gasteiger partial charge in [-0.25, -0.2) is 4.79 Å². The molecule has 24 heavy (non-hydrogen) atoms. The second kappa shape index (κ2) is 5.59. The Labute approximate surface area is 143 Å². The molecule has 2 aromatic carbocycles. The molecule has 124 valence electrons. The molecule has 0 amide bonds. The molecular weight excluding hydrogens is 296 g/mol. The third kappa shape index (κ3) is 2.27. The van der Waals surface area contributed by atoms with E-state index in [-0.39, 0.29) is 5.69 Å². The van der Waals surface area contributed by atoms with E-state index in [9.17, 15) is 4.79 Å². The van der Waals surface area contributed by atoms with Gasteiger partial charge in [-0.1, -0.05) is 12.1 Å². The van der Waals surface area contributed by atoms with E-state index < -0.39 is 0 Å². The van der Waals surface area contributed by atoms with Gasteiger partial charge in [0.2, 0.25) is 0 Å². The number of nitrogens with zero attached hydrogens (tertiary/aromatic N) is 2. The molecule has 0 aliphatic heterocycles. The van der Waals surface area contributed by atoms with Gasteiger partial charge in [0.1, 0.15) is 0 Å². The van der Waals surface area contributed by atoms with Crippen LogP contribution in [-0.2, 0) is 7.05 Å². The lowest BCUT2D eigenvalue weighted by Crippen LogP contribution is -2.22. The SMILES string of the molecule is Cc1ccc(-c2nc(=O)n(C)c3c(C)c(C)c(C)c(C)c23)cc1C. The first-order valence-corrected chi connectivity index (χ1v) is 8.28. The van der Waals surface area contributed by atoms with Crippen LogP contribution in [0.5, 0.6) is 0 Å².